The fourth-order valence-corrected chi connectivity index (χ4v) is 11.7. The Bertz CT molecular complexity index is 4260. The highest BCUT2D eigenvalue weighted by atomic mass is 16.3. The van der Waals surface area contributed by atoms with Gasteiger partial charge in [-0.25, -0.2) is 9.98 Å². The second-order valence-electron chi connectivity index (χ2n) is 18.5. The first-order chi connectivity index (χ1) is 35.1. The third kappa shape index (κ3) is 6.12. The normalized spacial score (nSPS) is 13.4. The van der Waals surface area contributed by atoms with Gasteiger partial charge in [-0.3, -0.25) is 0 Å². The monoisotopic (exact) mass is 906 g/mol. The van der Waals surface area contributed by atoms with Gasteiger partial charge < -0.3 is 8.83 Å². The Hall–Kier alpha value is -9.34. The summed E-state index contributed by atoms with van der Waals surface area (Å²) >= 11 is 0. The number of nitrogens with zero attached hydrogens (tertiary/aromatic N) is 2. The highest BCUT2D eigenvalue weighted by Gasteiger charge is 2.51. The molecule has 0 saturated heterocycles. The van der Waals surface area contributed by atoms with Gasteiger partial charge in [-0.1, -0.05) is 189 Å². The van der Waals surface area contributed by atoms with Crippen molar-refractivity contribution < 1.29 is 8.83 Å². The summed E-state index contributed by atoms with van der Waals surface area (Å²) in [4.78, 5) is 10.8. The third-order valence-electron chi connectivity index (χ3n) is 14.8. The van der Waals surface area contributed by atoms with E-state index in [-0.39, 0.29) is 5.41 Å². The smallest absolute Gasteiger partial charge is 0.164 e. The fourth-order valence-electron chi connectivity index (χ4n) is 11.7. The molecule has 2 aromatic heterocycles. The summed E-state index contributed by atoms with van der Waals surface area (Å²) in [6.07, 6.45) is 0. The van der Waals surface area contributed by atoms with Gasteiger partial charge in [0.15, 0.2) is 5.84 Å². The predicted octanol–water partition coefficient (Wildman–Crippen LogP) is 17.2. The molecular formula is C67H42N2O2. The van der Waals surface area contributed by atoms with E-state index in [1.807, 2.05) is 79.7 Å². The van der Waals surface area contributed by atoms with E-state index in [4.69, 9.17) is 18.8 Å². The van der Waals surface area contributed by atoms with E-state index in [1.165, 1.54) is 44.5 Å². The van der Waals surface area contributed by atoms with Crippen LogP contribution in [0.4, 0.5) is 0 Å². The number of para-hydroxylation sites is 2. The lowest BCUT2D eigenvalue weighted by Gasteiger charge is -2.30. The lowest BCUT2D eigenvalue weighted by molar-refractivity contribution is 0.668. The van der Waals surface area contributed by atoms with Crippen molar-refractivity contribution in [3.05, 3.63) is 276 Å². The van der Waals surface area contributed by atoms with Gasteiger partial charge in [0.05, 0.1) is 11.0 Å². The molecule has 0 N–H and O–H groups in total. The Morgan fingerprint density at radius 1 is 0.423 bits per heavy atom. The molecule has 10 aromatic carbocycles. The molecule has 1 spiro atoms. The first-order valence-corrected chi connectivity index (χ1v) is 24.1. The number of furan rings is 2. The maximum absolute atomic E-state index is 6.63. The summed E-state index contributed by atoms with van der Waals surface area (Å²) in [5.41, 5.74) is 24.7. The van der Waals surface area contributed by atoms with E-state index >= 15 is 0 Å². The van der Waals surface area contributed by atoms with Crippen LogP contribution in [0.3, 0.4) is 0 Å². The van der Waals surface area contributed by atoms with Crippen molar-refractivity contribution in [3.63, 3.8) is 0 Å². The molecule has 2 aliphatic rings. The molecule has 71 heavy (non-hydrogen) atoms. The molecule has 0 aliphatic heterocycles. The summed E-state index contributed by atoms with van der Waals surface area (Å²) in [6, 6.07) is 79.6. The minimum Gasteiger partial charge on any atom is -0.456 e. The van der Waals surface area contributed by atoms with Crippen LogP contribution in [0.25, 0.3) is 94.1 Å². The van der Waals surface area contributed by atoms with Gasteiger partial charge in [-0.05, 0) is 116 Å². The first-order valence-electron chi connectivity index (χ1n) is 24.1. The first kappa shape index (κ1) is 40.7. The lowest BCUT2D eigenvalue weighted by atomic mass is 9.70. The Labute approximate surface area is 410 Å². The second-order valence-corrected chi connectivity index (χ2v) is 18.5. The van der Waals surface area contributed by atoms with E-state index in [0.717, 1.165) is 82.9 Å². The Morgan fingerprint density at radius 2 is 0.986 bits per heavy atom. The molecule has 0 fully saturated rings. The lowest BCUT2D eigenvalue weighted by Crippen LogP contribution is -2.25. The minimum absolute atomic E-state index is 0.388. The maximum atomic E-state index is 6.63. The van der Waals surface area contributed by atoms with Gasteiger partial charge in [-0.15, -0.1) is 5.73 Å². The molecule has 0 amide bonds. The highest BCUT2D eigenvalue weighted by molar-refractivity contribution is 6.24. The van der Waals surface area contributed by atoms with Crippen LogP contribution in [0.15, 0.2) is 256 Å². The van der Waals surface area contributed by atoms with Crippen molar-refractivity contribution in [3.8, 4) is 44.5 Å². The van der Waals surface area contributed by atoms with Gasteiger partial charge in [0.25, 0.3) is 0 Å². The van der Waals surface area contributed by atoms with E-state index in [9.17, 15) is 0 Å². The molecule has 4 heteroatoms. The molecule has 12 aromatic rings. The van der Waals surface area contributed by atoms with Gasteiger partial charge in [0.1, 0.15) is 28.0 Å². The molecule has 2 aliphatic carbocycles. The maximum Gasteiger partial charge on any atom is 0.164 e. The van der Waals surface area contributed by atoms with E-state index in [0.29, 0.717) is 17.1 Å². The summed E-state index contributed by atoms with van der Waals surface area (Å²) in [7, 11) is 0. The largest absolute Gasteiger partial charge is 0.456 e. The Kier molecular flexibility index (Phi) is 9.09. The van der Waals surface area contributed by atoms with Gasteiger partial charge >= 0.3 is 0 Å². The number of fused-ring (bicyclic) bond motifs is 16. The van der Waals surface area contributed by atoms with Crippen molar-refractivity contribution in [2.45, 2.75) is 12.3 Å². The topological polar surface area (TPSA) is 51.0 Å². The third-order valence-corrected chi connectivity index (χ3v) is 14.8. The minimum atomic E-state index is -0.388. The molecule has 2 heterocycles. The molecule has 14 rings (SSSR count). The number of aliphatic imine (C=N–C) groups is 2. The van der Waals surface area contributed by atoms with Crippen LogP contribution < -0.4 is 0 Å². The molecule has 0 unspecified atom stereocenters. The number of amidine groups is 1. The summed E-state index contributed by atoms with van der Waals surface area (Å²) in [5, 5.41) is 4.03. The molecule has 332 valence electrons. The van der Waals surface area contributed by atoms with Crippen molar-refractivity contribution in [1.29, 1.82) is 0 Å². The molecular weight excluding hydrogens is 865 g/mol. The van der Waals surface area contributed by atoms with E-state index in [1.54, 1.807) is 0 Å². The second kappa shape index (κ2) is 15.9. The van der Waals surface area contributed by atoms with E-state index < -0.39 is 0 Å². The predicted molar refractivity (Wildman–Crippen MR) is 292 cm³/mol. The summed E-state index contributed by atoms with van der Waals surface area (Å²) in [6.45, 7) is 6.18. The molecule has 0 radical (unpaired) electrons. The molecule has 0 saturated carbocycles. The SMILES string of the molecule is C=C=C(N=C(N=C(C)c1cccc2oc3ccc(-c4ccc5c(c4)-c4ccccc4C54c5ccccc5-c5ccccc54)cc3c12)c1cccc2c1oc1ccccc12)c1cccc(-c2ccccc2)c1. The summed E-state index contributed by atoms with van der Waals surface area (Å²) in [5.74, 6) is 0.484. The average molecular weight is 907 g/mol. The molecule has 0 bridgehead atoms. The van der Waals surface area contributed by atoms with Crippen LogP contribution in [0.1, 0.15) is 45.9 Å². The quantitative estimate of drug-likeness (QED) is 0.0948. The molecule has 4 nitrogen and oxygen atoms in total. The number of benzene rings is 10. The number of rotatable bonds is 6. The van der Waals surface area contributed by atoms with Crippen LogP contribution in [-0.4, -0.2) is 11.5 Å². The van der Waals surface area contributed by atoms with Crippen molar-refractivity contribution >= 4 is 61.1 Å². The zero-order chi connectivity index (χ0) is 47.2. The van der Waals surface area contributed by atoms with Gasteiger partial charge in [0.2, 0.25) is 0 Å². The van der Waals surface area contributed by atoms with Crippen molar-refractivity contribution in [2.75, 3.05) is 0 Å². The van der Waals surface area contributed by atoms with Crippen LogP contribution >= 0.6 is 0 Å². The van der Waals surface area contributed by atoms with Gasteiger partial charge in [0, 0.05) is 38.4 Å². The average Bonchev–Trinajstić information content (AvgIpc) is 4.18. The van der Waals surface area contributed by atoms with Gasteiger partial charge in [-0.2, -0.15) is 0 Å². The zero-order valence-electron chi connectivity index (χ0n) is 38.8. The van der Waals surface area contributed by atoms with E-state index in [2.05, 4.69) is 164 Å². The highest BCUT2D eigenvalue weighted by Crippen LogP contribution is 2.63. The van der Waals surface area contributed by atoms with Crippen molar-refractivity contribution in [1.82, 2.24) is 0 Å². The Morgan fingerprint density at radius 3 is 1.76 bits per heavy atom. The van der Waals surface area contributed by atoms with Crippen molar-refractivity contribution in [2.24, 2.45) is 9.98 Å². The zero-order valence-corrected chi connectivity index (χ0v) is 38.8. The van der Waals surface area contributed by atoms with Crippen LogP contribution in [0.2, 0.25) is 0 Å². The van der Waals surface area contributed by atoms with Crippen LogP contribution in [-0.2, 0) is 5.41 Å². The molecule has 0 atom stereocenters. The summed E-state index contributed by atoms with van der Waals surface area (Å²) < 4.78 is 13.2. The number of hydrogen-bond donors (Lipinski definition) is 0. The number of hydrogen-bond acceptors (Lipinski definition) is 3. The van der Waals surface area contributed by atoms with Crippen LogP contribution in [0, 0.1) is 0 Å². The van der Waals surface area contributed by atoms with Crippen LogP contribution in [0.5, 0.6) is 0 Å². The fraction of sp³-hybridized carbons (Fsp3) is 0.0299. The Balaban J connectivity index is 0.917. The standard InChI is InChI=1S/C67H42N2O2/c1-3-60(46-21-15-20-43(38-46)42-18-5-4-6-19-42)69-66(53-28-16-27-52-51-25-10-14-32-61(51)71-65(52)53)68-41(2)47-26-17-33-63-64(47)55-40-45(35-37-62(55)70-63)44-34-36-59-54(39-44)50-24-9-13-31-58(50)67(59)56-29-11-7-22-48(56)49-23-8-12-30-57(49)67/h4-40H,1H2,2H3.